The first-order valence-electron chi connectivity index (χ1n) is 2.74. The summed E-state index contributed by atoms with van der Waals surface area (Å²) in [7, 11) is 0. The number of rotatable bonds is 2. The summed E-state index contributed by atoms with van der Waals surface area (Å²) in [5.74, 6) is 0.819. The van der Waals surface area contributed by atoms with Gasteiger partial charge in [0.25, 0.3) is 5.95 Å². The van der Waals surface area contributed by atoms with Crippen LogP contribution in [0, 0.1) is 0 Å². The van der Waals surface area contributed by atoms with E-state index in [2.05, 4.69) is 4.74 Å². The fraction of sp³-hybridized carbons (Fsp3) is 0.167. The Kier molecular flexibility index (Phi) is 2.79. The number of halogens is 2. The maximum absolute atomic E-state index is 10.2. The molecule has 0 radical (unpaired) electrons. The van der Waals surface area contributed by atoms with Crippen molar-refractivity contribution in [3.8, 4) is 5.95 Å². The van der Waals surface area contributed by atoms with Crippen LogP contribution in [0.15, 0.2) is 16.5 Å². The Hall–Kier alpha value is -0.670. The van der Waals surface area contributed by atoms with Gasteiger partial charge in [0.2, 0.25) is 0 Å². The lowest BCUT2D eigenvalue weighted by Crippen LogP contribution is -1.93. The third-order valence-corrected chi connectivity index (χ3v) is 1.29. The van der Waals surface area contributed by atoms with Crippen molar-refractivity contribution >= 4 is 28.6 Å². The first-order chi connectivity index (χ1) is 5.22. The van der Waals surface area contributed by atoms with E-state index in [4.69, 9.17) is 27.6 Å². The van der Waals surface area contributed by atoms with Crippen LogP contribution in [0.3, 0.4) is 0 Å². The molecule has 0 aliphatic rings. The third kappa shape index (κ3) is 2.44. The quantitative estimate of drug-likeness (QED) is 0.537. The summed E-state index contributed by atoms with van der Waals surface area (Å²) in [6.07, 6.45) is 0. The molecule has 0 aromatic carbocycles. The summed E-state index contributed by atoms with van der Waals surface area (Å²) in [5.41, 5.74) is -0.930. The predicted molar refractivity (Wildman–Crippen MR) is 40.1 cm³/mol. The Morgan fingerprint density at radius 2 is 2.36 bits per heavy atom. The monoisotopic (exact) mass is 194 g/mol. The second-order valence-corrected chi connectivity index (χ2v) is 2.27. The van der Waals surface area contributed by atoms with Gasteiger partial charge in [-0.15, -0.1) is 11.6 Å². The molecule has 1 aromatic heterocycles. The number of hydrogen-bond acceptors (Lipinski definition) is 3. The third-order valence-electron chi connectivity index (χ3n) is 0.950. The Bertz CT molecular complexity index is 256. The normalized spacial score (nSPS) is 9.64. The van der Waals surface area contributed by atoms with E-state index in [0.717, 1.165) is 0 Å². The molecule has 0 unspecified atom stereocenters. The van der Waals surface area contributed by atoms with Gasteiger partial charge in [0.1, 0.15) is 5.76 Å². The van der Waals surface area contributed by atoms with Crippen molar-refractivity contribution in [3.63, 3.8) is 0 Å². The molecular formula is C6H4Cl2O3. The van der Waals surface area contributed by atoms with E-state index in [0.29, 0.717) is 5.76 Å². The Morgan fingerprint density at radius 1 is 1.64 bits per heavy atom. The molecule has 0 fully saturated rings. The van der Waals surface area contributed by atoms with Gasteiger partial charge in [0.15, 0.2) is 0 Å². The van der Waals surface area contributed by atoms with E-state index in [1.54, 1.807) is 6.07 Å². The van der Waals surface area contributed by atoms with Gasteiger partial charge in [-0.3, -0.25) is 0 Å². The van der Waals surface area contributed by atoms with E-state index in [9.17, 15) is 4.79 Å². The highest BCUT2D eigenvalue weighted by Gasteiger charge is 2.04. The van der Waals surface area contributed by atoms with Crippen molar-refractivity contribution in [3.05, 3.63) is 17.9 Å². The maximum atomic E-state index is 10.2. The van der Waals surface area contributed by atoms with Crippen LogP contribution in [0.4, 0.5) is 4.79 Å². The van der Waals surface area contributed by atoms with Crippen LogP contribution >= 0.6 is 23.2 Å². The highest BCUT2D eigenvalue weighted by Crippen LogP contribution is 2.17. The molecule has 0 bridgehead atoms. The molecule has 3 nitrogen and oxygen atoms in total. The minimum atomic E-state index is -0.930. The second-order valence-electron chi connectivity index (χ2n) is 1.69. The summed E-state index contributed by atoms with van der Waals surface area (Å²) >= 11 is 10.3. The van der Waals surface area contributed by atoms with Crippen LogP contribution in [-0.4, -0.2) is 5.43 Å². The Labute approximate surface area is 72.8 Å². The van der Waals surface area contributed by atoms with Crippen molar-refractivity contribution < 1.29 is 13.9 Å². The molecule has 5 heteroatoms. The molecule has 0 atom stereocenters. The van der Waals surface area contributed by atoms with E-state index in [1.807, 2.05) is 0 Å². The minimum absolute atomic E-state index is 0.0562. The van der Waals surface area contributed by atoms with Gasteiger partial charge in [-0.05, 0) is 6.07 Å². The van der Waals surface area contributed by atoms with E-state index >= 15 is 0 Å². The van der Waals surface area contributed by atoms with E-state index in [-0.39, 0.29) is 11.8 Å². The minimum Gasteiger partial charge on any atom is -0.429 e. The zero-order chi connectivity index (χ0) is 8.27. The molecule has 0 saturated carbocycles. The van der Waals surface area contributed by atoms with Crippen molar-refractivity contribution in [2.75, 3.05) is 0 Å². The van der Waals surface area contributed by atoms with Gasteiger partial charge in [-0.2, -0.15) is 0 Å². The summed E-state index contributed by atoms with van der Waals surface area (Å²) in [5, 5.41) is 0. The van der Waals surface area contributed by atoms with Crippen LogP contribution in [-0.2, 0) is 5.88 Å². The average molecular weight is 195 g/mol. The first-order valence-corrected chi connectivity index (χ1v) is 3.65. The molecule has 11 heavy (non-hydrogen) atoms. The number of hydrogen-bond donors (Lipinski definition) is 0. The molecular weight excluding hydrogens is 191 g/mol. The van der Waals surface area contributed by atoms with Gasteiger partial charge >= 0.3 is 5.43 Å². The zero-order valence-corrected chi connectivity index (χ0v) is 6.85. The number of alkyl halides is 1. The summed E-state index contributed by atoms with van der Waals surface area (Å²) < 4.78 is 9.28. The molecule has 1 heterocycles. The van der Waals surface area contributed by atoms with Gasteiger partial charge in [-0.25, -0.2) is 4.79 Å². The summed E-state index contributed by atoms with van der Waals surface area (Å²) in [6, 6.07) is 3.07. The van der Waals surface area contributed by atoms with Gasteiger partial charge < -0.3 is 9.15 Å². The number of carbonyl (C=O) groups excluding carboxylic acids is 1. The molecule has 0 saturated heterocycles. The molecule has 1 aromatic rings. The molecule has 60 valence electrons. The summed E-state index contributed by atoms with van der Waals surface area (Å²) in [6.45, 7) is 0. The molecule has 0 spiro atoms. The number of ether oxygens (including phenoxy) is 1. The summed E-state index contributed by atoms with van der Waals surface area (Å²) in [4.78, 5) is 10.2. The SMILES string of the molecule is O=C(Cl)Oc1ccc(CCl)o1. The van der Waals surface area contributed by atoms with E-state index in [1.165, 1.54) is 6.07 Å². The predicted octanol–water partition coefficient (Wildman–Crippen LogP) is 2.76. The van der Waals surface area contributed by atoms with Crippen LogP contribution in [0.2, 0.25) is 0 Å². The zero-order valence-electron chi connectivity index (χ0n) is 5.34. The molecule has 0 N–H and O–H groups in total. The lowest BCUT2D eigenvalue weighted by molar-refractivity contribution is 0.212. The standard InChI is InChI=1S/C6H4Cl2O3/c7-3-4-1-2-5(10-4)11-6(8)9/h1-2H,3H2. The van der Waals surface area contributed by atoms with Crippen LogP contribution in [0.25, 0.3) is 0 Å². The van der Waals surface area contributed by atoms with Crippen molar-refractivity contribution in [1.29, 1.82) is 0 Å². The van der Waals surface area contributed by atoms with Gasteiger partial charge in [0.05, 0.1) is 5.88 Å². The number of carbonyl (C=O) groups is 1. The fourth-order valence-electron chi connectivity index (χ4n) is 0.564. The van der Waals surface area contributed by atoms with Gasteiger partial charge in [-0.1, -0.05) is 0 Å². The van der Waals surface area contributed by atoms with Crippen LogP contribution < -0.4 is 4.74 Å². The molecule has 0 amide bonds. The maximum Gasteiger partial charge on any atom is 0.411 e. The molecule has 1 rings (SSSR count). The molecule has 0 aliphatic carbocycles. The smallest absolute Gasteiger partial charge is 0.411 e. The largest absolute Gasteiger partial charge is 0.429 e. The van der Waals surface area contributed by atoms with E-state index < -0.39 is 5.43 Å². The lowest BCUT2D eigenvalue weighted by atomic mass is 10.5. The molecule has 0 aliphatic heterocycles. The van der Waals surface area contributed by atoms with Gasteiger partial charge in [0, 0.05) is 17.7 Å². The highest BCUT2D eigenvalue weighted by atomic mass is 35.5. The lowest BCUT2D eigenvalue weighted by Gasteiger charge is -1.91. The Morgan fingerprint density at radius 3 is 2.82 bits per heavy atom. The van der Waals surface area contributed by atoms with Crippen LogP contribution in [0.1, 0.15) is 5.76 Å². The van der Waals surface area contributed by atoms with Crippen LogP contribution in [0.5, 0.6) is 5.95 Å². The van der Waals surface area contributed by atoms with Crippen molar-refractivity contribution in [2.45, 2.75) is 5.88 Å². The fourth-order valence-corrected chi connectivity index (χ4v) is 0.784. The first kappa shape index (κ1) is 8.43. The van der Waals surface area contributed by atoms with Crippen molar-refractivity contribution in [2.24, 2.45) is 0 Å². The Balaban J connectivity index is 2.65. The topological polar surface area (TPSA) is 39.4 Å². The number of furan rings is 1. The highest BCUT2D eigenvalue weighted by molar-refractivity contribution is 6.61. The van der Waals surface area contributed by atoms with Crippen molar-refractivity contribution in [1.82, 2.24) is 0 Å². The second kappa shape index (κ2) is 3.64. The average Bonchev–Trinajstić information content (AvgIpc) is 2.34.